The van der Waals surface area contributed by atoms with Crippen molar-refractivity contribution in [2.24, 2.45) is 0 Å². The largest absolute Gasteiger partial charge is 0.498 e. The molecule has 6 nitrogen and oxygen atoms in total. The molecule has 0 amide bonds. The van der Waals surface area contributed by atoms with Gasteiger partial charge in [0.05, 0.1) is 28.3 Å². The van der Waals surface area contributed by atoms with Crippen LogP contribution in [0.3, 0.4) is 0 Å². The van der Waals surface area contributed by atoms with Crippen molar-refractivity contribution in [3.63, 3.8) is 0 Å². The zero-order valence-corrected chi connectivity index (χ0v) is 19.3. The van der Waals surface area contributed by atoms with Crippen molar-refractivity contribution in [2.75, 3.05) is 6.61 Å². The average Bonchev–Trinajstić information content (AvgIpc) is 3.31. The summed E-state index contributed by atoms with van der Waals surface area (Å²) >= 11 is 0. The molecule has 2 aliphatic rings. The van der Waals surface area contributed by atoms with Crippen molar-refractivity contribution in [1.29, 1.82) is 0 Å². The fraction of sp³-hybridized carbons (Fsp3) is 0.480. The van der Waals surface area contributed by atoms with Crippen LogP contribution in [-0.4, -0.2) is 34.7 Å². The molecule has 5 rings (SSSR count). The third-order valence-corrected chi connectivity index (χ3v) is 6.92. The van der Waals surface area contributed by atoms with Gasteiger partial charge in [-0.2, -0.15) is 5.10 Å². The summed E-state index contributed by atoms with van der Waals surface area (Å²) in [6.45, 7) is 9.48. The highest BCUT2D eigenvalue weighted by molar-refractivity contribution is 6.63. The first-order valence-corrected chi connectivity index (χ1v) is 11.5. The third kappa shape index (κ3) is 3.83. The zero-order chi connectivity index (χ0) is 22.3. The minimum Gasteiger partial charge on any atom is -0.488 e. The Labute approximate surface area is 189 Å². The third-order valence-electron chi connectivity index (χ3n) is 6.92. The Morgan fingerprint density at radius 3 is 2.47 bits per heavy atom. The van der Waals surface area contributed by atoms with Gasteiger partial charge in [0.15, 0.2) is 6.23 Å². The molecule has 2 aromatic carbocycles. The van der Waals surface area contributed by atoms with Gasteiger partial charge in [-0.05, 0) is 58.6 Å². The summed E-state index contributed by atoms with van der Waals surface area (Å²) in [5.74, 6) is 0.756. The molecular formula is C25H31BN2O4. The van der Waals surface area contributed by atoms with Crippen LogP contribution in [-0.2, 0) is 20.7 Å². The van der Waals surface area contributed by atoms with E-state index in [1.807, 2.05) is 35.1 Å². The van der Waals surface area contributed by atoms with Gasteiger partial charge in [0, 0.05) is 12.1 Å². The topological polar surface area (TPSA) is 54.7 Å². The minimum atomic E-state index is -0.510. The van der Waals surface area contributed by atoms with E-state index < -0.39 is 18.3 Å². The van der Waals surface area contributed by atoms with E-state index in [9.17, 15) is 0 Å². The van der Waals surface area contributed by atoms with E-state index in [2.05, 4.69) is 51.0 Å². The Morgan fingerprint density at radius 1 is 1.03 bits per heavy atom. The number of benzene rings is 2. The maximum absolute atomic E-state index is 6.43. The van der Waals surface area contributed by atoms with Crippen LogP contribution < -0.4 is 10.2 Å². The van der Waals surface area contributed by atoms with Crippen LogP contribution in [0.1, 0.15) is 58.7 Å². The Bertz CT molecular complexity index is 1070. The first kappa shape index (κ1) is 21.5. The molecule has 7 heteroatoms. The van der Waals surface area contributed by atoms with E-state index in [1.54, 1.807) is 0 Å². The summed E-state index contributed by atoms with van der Waals surface area (Å²) in [6.07, 6.45) is 5.06. The Kier molecular flexibility index (Phi) is 5.52. The van der Waals surface area contributed by atoms with E-state index >= 15 is 0 Å². The molecule has 2 aliphatic heterocycles. The molecule has 0 spiro atoms. The smallest absolute Gasteiger partial charge is 0.488 e. The van der Waals surface area contributed by atoms with E-state index in [0.717, 1.165) is 53.5 Å². The second kappa shape index (κ2) is 8.21. The van der Waals surface area contributed by atoms with E-state index in [-0.39, 0.29) is 6.23 Å². The molecule has 3 aromatic rings. The summed E-state index contributed by atoms with van der Waals surface area (Å²) in [5, 5.41) is 5.64. The summed E-state index contributed by atoms with van der Waals surface area (Å²) in [6, 6.07) is 14.3. The fourth-order valence-electron chi connectivity index (χ4n) is 4.31. The second-order valence-corrected chi connectivity index (χ2v) is 9.69. The van der Waals surface area contributed by atoms with E-state index in [1.165, 1.54) is 0 Å². The first-order valence-electron chi connectivity index (χ1n) is 11.5. The van der Waals surface area contributed by atoms with Crippen LogP contribution in [0.25, 0.3) is 10.9 Å². The van der Waals surface area contributed by atoms with Gasteiger partial charge in [-0.1, -0.05) is 36.4 Å². The molecule has 1 unspecified atom stereocenters. The molecule has 0 N–H and O–H groups in total. The average molecular weight is 434 g/mol. The van der Waals surface area contributed by atoms with Crippen LogP contribution in [0, 0.1) is 0 Å². The molecule has 168 valence electrons. The molecule has 3 heterocycles. The van der Waals surface area contributed by atoms with Crippen molar-refractivity contribution in [2.45, 2.75) is 71.0 Å². The van der Waals surface area contributed by atoms with Gasteiger partial charge in [-0.3, -0.25) is 0 Å². The lowest BCUT2D eigenvalue weighted by Gasteiger charge is -2.32. The maximum Gasteiger partial charge on any atom is 0.498 e. The normalized spacial score (nSPS) is 22.4. The van der Waals surface area contributed by atoms with E-state index in [4.69, 9.17) is 18.8 Å². The quantitative estimate of drug-likeness (QED) is 0.549. The van der Waals surface area contributed by atoms with E-state index in [0.29, 0.717) is 6.61 Å². The molecule has 1 atom stereocenters. The minimum absolute atomic E-state index is 0.0362. The van der Waals surface area contributed by atoms with Crippen molar-refractivity contribution >= 4 is 23.5 Å². The highest BCUT2D eigenvalue weighted by Crippen LogP contribution is 2.38. The van der Waals surface area contributed by atoms with Crippen molar-refractivity contribution in [1.82, 2.24) is 9.78 Å². The molecule has 0 aliphatic carbocycles. The molecule has 0 saturated carbocycles. The Balaban J connectivity index is 1.55. The number of aromatic nitrogens is 2. The Hall–Kier alpha value is -2.35. The number of hydrogen-bond donors (Lipinski definition) is 0. The fourth-order valence-corrected chi connectivity index (χ4v) is 4.31. The Morgan fingerprint density at radius 2 is 1.78 bits per heavy atom. The molecule has 1 aromatic heterocycles. The van der Waals surface area contributed by atoms with Gasteiger partial charge >= 0.3 is 7.12 Å². The predicted molar refractivity (Wildman–Crippen MR) is 125 cm³/mol. The monoisotopic (exact) mass is 434 g/mol. The van der Waals surface area contributed by atoms with Gasteiger partial charge in [-0.15, -0.1) is 0 Å². The molecule has 2 saturated heterocycles. The first-order chi connectivity index (χ1) is 15.4. The van der Waals surface area contributed by atoms with Crippen LogP contribution in [0.5, 0.6) is 5.75 Å². The predicted octanol–water partition coefficient (Wildman–Crippen LogP) is 4.61. The molecule has 0 radical (unpaired) electrons. The molecule has 2 fully saturated rings. The number of rotatable bonds is 5. The highest BCUT2D eigenvalue weighted by Gasteiger charge is 2.52. The number of nitrogens with zero attached hydrogens (tertiary/aromatic N) is 2. The summed E-state index contributed by atoms with van der Waals surface area (Å²) in [7, 11) is -0.510. The standard InChI is InChI=1S/C25H31BN2O4/c1-24(2)25(3,4)32-26(31-24)20-13-14-21-19(16-27-28(21)22-12-8-9-15-29-22)23(20)30-17-18-10-6-5-7-11-18/h5-7,10-11,13-14,16,22H,8-9,12,15,17H2,1-4H3. The van der Waals surface area contributed by atoms with Gasteiger partial charge in [0.25, 0.3) is 0 Å². The van der Waals surface area contributed by atoms with Crippen molar-refractivity contribution in [3.8, 4) is 5.75 Å². The number of ether oxygens (including phenoxy) is 2. The molecule has 32 heavy (non-hydrogen) atoms. The number of fused-ring (bicyclic) bond motifs is 1. The lowest BCUT2D eigenvalue weighted by atomic mass is 9.77. The highest BCUT2D eigenvalue weighted by atomic mass is 16.7. The summed E-state index contributed by atoms with van der Waals surface area (Å²) < 4.78 is 27.1. The summed E-state index contributed by atoms with van der Waals surface area (Å²) in [5.41, 5.74) is 2.14. The van der Waals surface area contributed by atoms with Crippen molar-refractivity contribution in [3.05, 3.63) is 54.2 Å². The summed E-state index contributed by atoms with van der Waals surface area (Å²) in [4.78, 5) is 0. The van der Waals surface area contributed by atoms with Crippen LogP contribution in [0.2, 0.25) is 0 Å². The zero-order valence-electron chi connectivity index (χ0n) is 19.3. The molecule has 0 bridgehead atoms. The van der Waals surface area contributed by atoms with Gasteiger partial charge in [0.2, 0.25) is 0 Å². The van der Waals surface area contributed by atoms with Crippen LogP contribution >= 0.6 is 0 Å². The lowest BCUT2D eigenvalue weighted by molar-refractivity contribution is -0.0366. The SMILES string of the molecule is CC1(C)OB(c2ccc3c(cnn3C3CCCCO3)c2OCc2ccccc2)OC1(C)C. The van der Waals surface area contributed by atoms with Crippen molar-refractivity contribution < 1.29 is 18.8 Å². The van der Waals surface area contributed by atoms with Gasteiger partial charge < -0.3 is 18.8 Å². The molecular weight excluding hydrogens is 403 g/mol. The maximum atomic E-state index is 6.43. The second-order valence-electron chi connectivity index (χ2n) is 9.69. The van der Waals surface area contributed by atoms with Gasteiger partial charge in [-0.25, -0.2) is 4.68 Å². The van der Waals surface area contributed by atoms with Crippen LogP contribution in [0.15, 0.2) is 48.7 Å². The lowest BCUT2D eigenvalue weighted by Crippen LogP contribution is -2.41. The van der Waals surface area contributed by atoms with Crippen LogP contribution in [0.4, 0.5) is 0 Å². The van der Waals surface area contributed by atoms with Gasteiger partial charge in [0.1, 0.15) is 12.4 Å². The number of hydrogen-bond acceptors (Lipinski definition) is 5.